The van der Waals surface area contributed by atoms with Gasteiger partial charge in [-0.3, -0.25) is 0 Å². The van der Waals surface area contributed by atoms with Gasteiger partial charge in [0, 0.05) is 13.1 Å². The van der Waals surface area contributed by atoms with Crippen molar-refractivity contribution in [3.63, 3.8) is 0 Å². The lowest BCUT2D eigenvalue weighted by atomic mass is 9.93. The Hall–Kier alpha value is -1.51. The number of H-pyrrole nitrogens is 1. The second-order valence-electron chi connectivity index (χ2n) is 5.41. The van der Waals surface area contributed by atoms with E-state index >= 15 is 0 Å². The van der Waals surface area contributed by atoms with Crippen LogP contribution in [0.5, 0.6) is 0 Å². The summed E-state index contributed by atoms with van der Waals surface area (Å²) < 4.78 is 0. The van der Waals surface area contributed by atoms with Crippen LogP contribution in [0.2, 0.25) is 0 Å². The molecule has 0 atom stereocenters. The van der Waals surface area contributed by atoms with Crippen LogP contribution in [0.1, 0.15) is 20.3 Å². The van der Waals surface area contributed by atoms with Gasteiger partial charge >= 0.3 is 0 Å². The molecule has 0 saturated carbocycles. The fourth-order valence-corrected chi connectivity index (χ4v) is 2.38. The minimum atomic E-state index is 0.416. The molecule has 0 bridgehead atoms. The molecule has 0 unspecified atom stereocenters. The first-order valence-corrected chi connectivity index (χ1v) is 5.84. The third-order valence-electron chi connectivity index (χ3n) is 3.35. The molecule has 16 heavy (non-hydrogen) atoms. The number of anilines is 1. The summed E-state index contributed by atoms with van der Waals surface area (Å²) in [6.07, 6.45) is 1.24. The number of hydrogen-bond donors (Lipinski definition) is 1. The summed E-state index contributed by atoms with van der Waals surface area (Å²) in [4.78, 5) is 10.4. The van der Waals surface area contributed by atoms with E-state index in [9.17, 15) is 0 Å². The highest BCUT2D eigenvalue weighted by Crippen LogP contribution is 2.31. The summed E-state index contributed by atoms with van der Waals surface area (Å²) in [5.74, 6) is 1.02. The molecule has 1 aliphatic rings. The average molecular weight is 215 g/mol. The molecule has 0 spiro atoms. The Morgan fingerprint density at radius 1 is 1.31 bits per heavy atom. The summed E-state index contributed by atoms with van der Waals surface area (Å²) >= 11 is 0. The SMILES string of the molecule is CC1(C)CCN(c2nc3ccccc3[nH]2)C1. The summed E-state index contributed by atoms with van der Waals surface area (Å²) in [5, 5.41) is 0. The van der Waals surface area contributed by atoms with E-state index in [0.717, 1.165) is 30.1 Å². The molecule has 1 saturated heterocycles. The van der Waals surface area contributed by atoms with E-state index in [1.54, 1.807) is 0 Å². The molecule has 1 aliphatic heterocycles. The molecule has 0 radical (unpaired) electrons. The van der Waals surface area contributed by atoms with Gasteiger partial charge in [-0.25, -0.2) is 4.98 Å². The molecule has 3 nitrogen and oxygen atoms in total. The summed E-state index contributed by atoms with van der Waals surface area (Å²) in [6.45, 7) is 6.82. The molecular weight excluding hydrogens is 198 g/mol. The highest BCUT2D eigenvalue weighted by atomic mass is 15.3. The van der Waals surface area contributed by atoms with Gasteiger partial charge in [0.1, 0.15) is 0 Å². The Bertz CT molecular complexity index is 480. The van der Waals surface area contributed by atoms with Gasteiger partial charge in [0.15, 0.2) is 0 Å². The van der Waals surface area contributed by atoms with E-state index in [4.69, 9.17) is 0 Å². The monoisotopic (exact) mass is 215 g/mol. The number of nitrogens with zero attached hydrogens (tertiary/aromatic N) is 2. The molecule has 2 aromatic rings. The first-order chi connectivity index (χ1) is 7.64. The average Bonchev–Trinajstić information content (AvgIpc) is 2.80. The Labute approximate surface area is 95.5 Å². The zero-order valence-corrected chi connectivity index (χ0v) is 9.83. The van der Waals surface area contributed by atoms with Crippen molar-refractivity contribution >= 4 is 17.0 Å². The number of aromatic nitrogens is 2. The molecule has 1 fully saturated rings. The summed E-state index contributed by atoms with van der Waals surface area (Å²) in [5.41, 5.74) is 2.60. The Kier molecular flexibility index (Phi) is 1.96. The highest BCUT2D eigenvalue weighted by molar-refractivity contribution is 5.77. The van der Waals surface area contributed by atoms with E-state index in [-0.39, 0.29) is 0 Å². The summed E-state index contributed by atoms with van der Waals surface area (Å²) in [6, 6.07) is 8.20. The van der Waals surface area contributed by atoms with Gasteiger partial charge in [-0.05, 0) is 24.0 Å². The van der Waals surface area contributed by atoms with E-state index in [1.165, 1.54) is 6.42 Å². The molecule has 1 aromatic heterocycles. The molecule has 84 valence electrons. The Morgan fingerprint density at radius 2 is 2.12 bits per heavy atom. The third kappa shape index (κ3) is 1.56. The van der Waals surface area contributed by atoms with E-state index in [2.05, 4.69) is 40.8 Å². The molecule has 3 rings (SSSR count). The van der Waals surface area contributed by atoms with Gasteiger partial charge in [0.2, 0.25) is 5.95 Å². The number of para-hydroxylation sites is 2. The quantitative estimate of drug-likeness (QED) is 0.793. The van der Waals surface area contributed by atoms with Crippen LogP contribution >= 0.6 is 0 Å². The Balaban J connectivity index is 1.95. The molecule has 2 heterocycles. The van der Waals surface area contributed by atoms with Crippen LogP contribution in [0.3, 0.4) is 0 Å². The van der Waals surface area contributed by atoms with Crippen LogP contribution < -0.4 is 4.90 Å². The van der Waals surface area contributed by atoms with Crippen LogP contribution in [0.4, 0.5) is 5.95 Å². The van der Waals surface area contributed by atoms with Crippen molar-refractivity contribution < 1.29 is 0 Å². The van der Waals surface area contributed by atoms with Crippen molar-refractivity contribution in [1.82, 2.24) is 9.97 Å². The molecule has 0 amide bonds. The predicted molar refractivity (Wildman–Crippen MR) is 66.7 cm³/mol. The number of rotatable bonds is 1. The van der Waals surface area contributed by atoms with Crippen molar-refractivity contribution in [3.05, 3.63) is 24.3 Å². The number of aromatic amines is 1. The lowest BCUT2D eigenvalue weighted by molar-refractivity contribution is 0.418. The van der Waals surface area contributed by atoms with Crippen molar-refractivity contribution in [2.24, 2.45) is 5.41 Å². The van der Waals surface area contributed by atoms with Crippen molar-refractivity contribution in [2.45, 2.75) is 20.3 Å². The van der Waals surface area contributed by atoms with Crippen LogP contribution in [0.25, 0.3) is 11.0 Å². The third-order valence-corrected chi connectivity index (χ3v) is 3.35. The number of imidazole rings is 1. The standard InChI is InChI=1S/C13H17N3/c1-13(2)7-8-16(9-13)12-14-10-5-3-4-6-11(10)15-12/h3-6H,7-9H2,1-2H3,(H,14,15). The van der Waals surface area contributed by atoms with Gasteiger partial charge in [-0.2, -0.15) is 0 Å². The largest absolute Gasteiger partial charge is 0.342 e. The molecule has 1 N–H and O–H groups in total. The smallest absolute Gasteiger partial charge is 0.203 e. The summed E-state index contributed by atoms with van der Waals surface area (Å²) in [7, 11) is 0. The number of fused-ring (bicyclic) bond motifs is 1. The maximum absolute atomic E-state index is 4.63. The fourth-order valence-electron chi connectivity index (χ4n) is 2.38. The lowest BCUT2D eigenvalue weighted by Gasteiger charge is -2.18. The predicted octanol–water partition coefficient (Wildman–Crippen LogP) is 2.80. The first kappa shape index (κ1) is 9.70. The zero-order chi connectivity index (χ0) is 11.2. The molecular formula is C13H17N3. The van der Waals surface area contributed by atoms with Crippen molar-refractivity contribution in [2.75, 3.05) is 18.0 Å². The van der Waals surface area contributed by atoms with Gasteiger partial charge in [-0.15, -0.1) is 0 Å². The molecule has 1 aromatic carbocycles. The zero-order valence-electron chi connectivity index (χ0n) is 9.83. The first-order valence-electron chi connectivity index (χ1n) is 5.84. The number of hydrogen-bond acceptors (Lipinski definition) is 2. The minimum Gasteiger partial charge on any atom is -0.342 e. The van der Waals surface area contributed by atoms with E-state index < -0.39 is 0 Å². The number of benzene rings is 1. The van der Waals surface area contributed by atoms with Crippen LogP contribution in [0.15, 0.2) is 24.3 Å². The normalized spacial score (nSPS) is 19.5. The molecule has 3 heteroatoms. The maximum Gasteiger partial charge on any atom is 0.203 e. The Morgan fingerprint density at radius 3 is 2.81 bits per heavy atom. The van der Waals surface area contributed by atoms with Crippen LogP contribution in [-0.4, -0.2) is 23.1 Å². The topological polar surface area (TPSA) is 31.9 Å². The van der Waals surface area contributed by atoms with E-state index in [0.29, 0.717) is 5.41 Å². The van der Waals surface area contributed by atoms with E-state index in [1.807, 2.05) is 12.1 Å². The van der Waals surface area contributed by atoms with Gasteiger partial charge in [-0.1, -0.05) is 26.0 Å². The molecule has 0 aliphatic carbocycles. The number of nitrogens with one attached hydrogen (secondary N) is 1. The van der Waals surface area contributed by atoms with Gasteiger partial charge in [0.25, 0.3) is 0 Å². The second kappa shape index (κ2) is 3.24. The van der Waals surface area contributed by atoms with Gasteiger partial charge < -0.3 is 9.88 Å². The van der Waals surface area contributed by atoms with Crippen molar-refractivity contribution in [1.29, 1.82) is 0 Å². The maximum atomic E-state index is 4.63. The fraction of sp³-hybridized carbons (Fsp3) is 0.462. The van der Waals surface area contributed by atoms with Crippen LogP contribution in [0, 0.1) is 5.41 Å². The van der Waals surface area contributed by atoms with Crippen molar-refractivity contribution in [3.8, 4) is 0 Å². The lowest BCUT2D eigenvalue weighted by Crippen LogP contribution is -2.23. The van der Waals surface area contributed by atoms with Gasteiger partial charge in [0.05, 0.1) is 11.0 Å². The second-order valence-corrected chi connectivity index (χ2v) is 5.41. The highest BCUT2D eigenvalue weighted by Gasteiger charge is 2.30. The van der Waals surface area contributed by atoms with Crippen LogP contribution in [-0.2, 0) is 0 Å². The minimum absolute atomic E-state index is 0.416.